The van der Waals surface area contributed by atoms with Crippen LogP contribution in [0.1, 0.15) is 0 Å². The average Bonchev–Trinajstić information content (AvgIpc) is 1.83. The van der Waals surface area contributed by atoms with Gasteiger partial charge in [-0.1, -0.05) is 0 Å². The van der Waals surface area contributed by atoms with Gasteiger partial charge in [0, 0.05) is 0 Å². The van der Waals surface area contributed by atoms with Gasteiger partial charge in [-0.25, -0.2) is 5.11 Å². The second-order valence-corrected chi connectivity index (χ2v) is 2.14. The van der Waals surface area contributed by atoms with Crippen LogP contribution < -0.4 is 0 Å². The predicted molar refractivity (Wildman–Crippen MR) is 27.3 cm³/mol. The zero-order valence-corrected chi connectivity index (χ0v) is 4.86. The number of aliphatic hydroxyl groups excluding tert-OH is 2. The van der Waals surface area contributed by atoms with Crippen LogP contribution in [0.15, 0.2) is 0 Å². The Morgan fingerprint density at radius 2 is 1.67 bits per heavy atom. The van der Waals surface area contributed by atoms with Gasteiger partial charge in [-0.2, -0.15) is 0 Å². The van der Waals surface area contributed by atoms with Crippen molar-refractivity contribution in [2.75, 3.05) is 13.2 Å². The first-order valence-electron chi connectivity index (χ1n) is 2.81. The van der Waals surface area contributed by atoms with E-state index in [1.54, 1.807) is 0 Å². The highest BCUT2D eigenvalue weighted by molar-refractivity contribution is 4.78. The zero-order valence-electron chi connectivity index (χ0n) is 4.86. The van der Waals surface area contributed by atoms with Gasteiger partial charge in [-0.3, -0.25) is 0 Å². The molecule has 1 saturated heterocycles. The van der Waals surface area contributed by atoms with Crippen molar-refractivity contribution in [1.29, 1.82) is 0 Å². The predicted octanol–water partition coefficient (Wildman–Crippen LogP) is -1.46. The van der Waals surface area contributed by atoms with E-state index >= 15 is 0 Å². The highest BCUT2D eigenvalue weighted by atomic mass is 16.5. The third-order valence-electron chi connectivity index (χ3n) is 1.34. The first-order chi connectivity index (χ1) is 4.22. The van der Waals surface area contributed by atoms with Gasteiger partial charge in [0.25, 0.3) is 0 Å². The van der Waals surface area contributed by atoms with Crippen LogP contribution in [-0.4, -0.2) is 41.7 Å². The molecule has 1 radical (unpaired) electrons. The number of hydrogen-bond acceptors (Lipinski definition) is 3. The maximum absolute atomic E-state index is 10.6. The van der Waals surface area contributed by atoms with Crippen LogP contribution in [0.25, 0.3) is 0 Å². The van der Waals surface area contributed by atoms with Gasteiger partial charge in [0.05, 0.1) is 13.2 Å². The molecule has 0 aliphatic carbocycles. The average molecular weight is 133 g/mol. The zero-order chi connectivity index (χ0) is 6.85. The lowest BCUT2D eigenvalue weighted by molar-refractivity contribution is -0.171. The fourth-order valence-electron chi connectivity index (χ4n) is 0.756. The Labute approximate surface area is 52.7 Å². The number of rotatable bonds is 0. The van der Waals surface area contributed by atoms with Crippen LogP contribution in [-0.2, 0) is 9.84 Å². The Hall–Kier alpha value is -0.160. The molecule has 0 aromatic rings. The van der Waals surface area contributed by atoms with Crippen molar-refractivity contribution in [3.63, 3.8) is 0 Å². The Morgan fingerprint density at radius 1 is 1.22 bits per heavy atom. The summed E-state index contributed by atoms with van der Waals surface area (Å²) in [6, 6.07) is 0. The summed E-state index contributed by atoms with van der Waals surface area (Å²) in [6.45, 7) is 0.0937. The quantitative estimate of drug-likeness (QED) is 0.424. The molecular weight excluding hydrogens is 124 g/mol. The Kier molecular flexibility index (Phi) is 2.02. The highest BCUT2D eigenvalue weighted by Gasteiger charge is 2.30. The van der Waals surface area contributed by atoms with Gasteiger partial charge < -0.3 is 14.9 Å². The molecule has 0 bridgehead atoms. The molecule has 1 rings (SSSR count). The van der Waals surface area contributed by atoms with Crippen molar-refractivity contribution in [3.05, 3.63) is 0 Å². The SMILES string of the molecule is [O][C@H]1[C@H](O)COC[C@@H]1O. The van der Waals surface area contributed by atoms with Gasteiger partial charge >= 0.3 is 0 Å². The summed E-state index contributed by atoms with van der Waals surface area (Å²) >= 11 is 0. The monoisotopic (exact) mass is 133 g/mol. The van der Waals surface area contributed by atoms with Gasteiger partial charge in [0.15, 0.2) is 0 Å². The van der Waals surface area contributed by atoms with Crippen LogP contribution in [0.3, 0.4) is 0 Å². The third-order valence-corrected chi connectivity index (χ3v) is 1.34. The molecule has 3 atom stereocenters. The van der Waals surface area contributed by atoms with E-state index < -0.39 is 18.3 Å². The summed E-state index contributed by atoms with van der Waals surface area (Å²) in [7, 11) is 0. The topological polar surface area (TPSA) is 69.6 Å². The molecule has 0 aromatic carbocycles. The molecule has 53 valence electrons. The lowest BCUT2D eigenvalue weighted by Crippen LogP contribution is -2.46. The molecule has 0 aromatic heterocycles. The first kappa shape index (κ1) is 6.95. The molecule has 9 heavy (non-hydrogen) atoms. The fraction of sp³-hybridized carbons (Fsp3) is 1.00. The second kappa shape index (κ2) is 2.62. The molecule has 0 unspecified atom stereocenters. The summed E-state index contributed by atoms with van der Waals surface area (Å²) < 4.78 is 4.66. The minimum absolute atomic E-state index is 0.0469. The smallest absolute Gasteiger partial charge is 0.149 e. The van der Waals surface area contributed by atoms with Gasteiger partial charge in [-0.05, 0) is 0 Å². The molecule has 0 saturated carbocycles. The molecule has 2 N–H and O–H groups in total. The van der Waals surface area contributed by atoms with Crippen molar-refractivity contribution in [3.8, 4) is 0 Å². The molecule has 1 fully saturated rings. The van der Waals surface area contributed by atoms with Crippen molar-refractivity contribution in [2.24, 2.45) is 0 Å². The molecule has 1 aliphatic heterocycles. The van der Waals surface area contributed by atoms with Crippen LogP contribution in [0.2, 0.25) is 0 Å². The summed E-state index contributed by atoms with van der Waals surface area (Å²) in [5, 5.41) is 28.1. The van der Waals surface area contributed by atoms with E-state index in [-0.39, 0.29) is 13.2 Å². The molecule has 4 heteroatoms. The molecule has 4 nitrogen and oxygen atoms in total. The molecule has 0 spiro atoms. The largest absolute Gasteiger partial charge is 0.388 e. The maximum Gasteiger partial charge on any atom is 0.149 e. The van der Waals surface area contributed by atoms with E-state index in [1.807, 2.05) is 0 Å². The summed E-state index contributed by atoms with van der Waals surface area (Å²) in [6.07, 6.45) is -3.39. The maximum atomic E-state index is 10.6. The van der Waals surface area contributed by atoms with Crippen LogP contribution in [0.5, 0.6) is 0 Å². The van der Waals surface area contributed by atoms with E-state index in [4.69, 9.17) is 10.2 Å². The molecule has 0 amide bonds. The number of hydrogen-bond donors (Lipinski definition) is 2. The number of aliphatic hydroxyl groups is 2. The second-order valence-electron chi connectivity index (χ2n) is 2.14. The van der Waals surface area contributed by atoms with Crippen LogP contribution in [0, 0.1) is 0 Å². The van der Waals surface area contributed by atoms with Gasteiger partial charge in [0.2, 0.25) is 0 Å². The Balaban J connectivity index is 2.41. The van der Waals surface area contributed by atoms with Crippen molar-refractivity contribution in [2.45, 2.75) is 18.3 Å². The van der Waals surface area contributed by atoms with E-state index in [0.717, 1.165) is 0 Å². The Morgan fingerprint density at radius 3 is 2.00 bits per heavy atom. The van der Waals surface area contributed by atoms with Crippen molar-refractivity contribution >= 4 is 0 Å². The van der Waals surface area contributed by atoms with Crippen LogP contribution in [0.4, 0.5) is 0 Å². The van der Waals surface area contributed by atoms with E-state index in [0.29, 0.717) is 0 Å². The van der Waals surface area contributed by atoms with E-state index in [2.05, 4.69) is 4.74 Å². The minimum atomic E-state index is -1.29. The normalized spacial score (nSPS) is 45.0. The van der Waals surface area contributed by atoms with Gasteiger partial charge in [-0.15, -0.1) is 0 Å². The summed E-state index contributed by atoms with van der Waals surface area (Å²) in [5.74, 6) is 0. The van der Waals surface area contributed by atoms with Crippen molar-refractivity contribution in [1.82, 2.24) is 0 Å². The lowest BCUT2D eigenvalue weighted by atomic mass is 10.1. The van der Waals surface area contributed by atoms with Crippen LogP contribution >= 0.6 is 0 Å². The fourth-order valence-corrected chi connectivity index (χ4v) is 0.756. The third kappa shape index (κ3) is 1.40. The molecular formula is C5H9O4. The minimum Gasteiger partial charge on any atom is -0.388 e. The van der Waals surface area contributed by atoms with E-state index in [9.17, 15) is 5.11 Å². The van der Waals surface area contributed by atoms with E-state index in [1.165, 1.54) is 0 Å². The van der Waals surface area contributed by atoms with Crippen molar-refractivity contribution < 1.29 is 20.1 Å². The lowest BCUT2D eigenvalue weighted by Gasteiger charge is -2.26. The molecule has 1 aliphatic rings. The van der Waals surface area contributed by atoms with Gasteiger partial charge in [0.1, 0.15) is 18.3 Å². The Bertz CT molecular complexity index is 85.0. The first-order valence-corrected chi connectivity index (χ1v) is 2.81. The highest BCUT2D eigenvalue weighted by Crippen LogP contribution is 2.07. The standard InChI is InChI=1S/C5H9O4/c6-3-1-9-2-4(7)5(3)8/h3-7H,1-2H2/t3-,4+,5+. The molecule has 1 heterocycles. The number of ether oxygens (including phenoxy) is 1. The summed E-state index contributed by atoms with van der Waals surface area (Å²) in [4.78, 5) is 0. The summed E-state index contributed by atoms with van der Waals surface area (Å²) in [5.41, 5.74) is 0.